The minimum absolute atomic E-state index is 0.880. The van der Waals surface area contributed by atoms with Gasteiger partial charge in [0.2, 0.25) is 0 Å². The maximum atomic E-state index is 6.13. The predicted molar refractivity (Wildman–Crippen MR) is 193 cm³/mol. The summed E-state index contributed by atoms with van der Waals surface area (Å²) in [6.45, 7) is 4.53. The van der Waals surface area contributed by atoms with Gasteiger partial charge in [-0.3, -0.25) is 0 Å². The molecule has 0 saturated heterocycles. The van der Waals surface area contributed by atoms with Crippen molar-refractivity contribution in [2.45, 2.75) is 117 Å². The molecule has 0 aliphatic heterocycles. The lowest BCUT2D eigenvalue weighted by Gasteiger charge is -2.12. The van der Waals surface area contributed by atoms with Crippen LogP contribution in [0.4, 0.5) is 11.4 Å². The lowest BCUT2D eigenvalue weighted by Crippen LogP contribution is -1.99. The fourth-order valence-corrected chi connectivity index (χ4v) is 6.33. The number of rotatable bonds is 19. The van der Waals surface area contributed by atoms with Gasteiger partial charge in [0.1, 0.15) is 0 Å². The van der Waals surface area contributed by atoms with Crippen molar-refractivity contribution in [1.82, 2.24) is 0 Å². The van der Waals surface area contributed by atoms with E-state index in [1.54, 1.807) is 0 Å². The van der Waals surface area contributed by atoms with E-state index >= 15 is 0 Å². The van der Waals surface area contributed by atoms with Crippen molar-refractivity contribution in [2.24, 2.45) is 0 Å². The summed E-state index contributed by atoms with van der Waals surface area (Å²) < 4.78 is 0. The number of hydrogen-bond acceptors (Lipinski definition) is 2. The molecule has 2 heteroatoms. The van der Waals surface area contributed by atoms with E-state index in [-0.39, 0.29) is 0 Å². The molecule has 4 aromatic rings. The number of nitrogens with two attached hydrogens (primary N) is 2. The molecule has 0 heterocycles. The summed E-state index contributed by atoms with van der Waals surface area (Å²) in [6.07, 6.45) is 19.2. The van der Waals surface area contributed by atoms with Crippen molar-refractivity contribution in [3.05, 3.63) is 129 Å². The molecular formula is C42H56N2. The first kappa shape index (κ1) is 33.4. The molecule has 2 nitrogen and oxygen atoms in total. The van der Waals surface area contributed by atoms with Gasteiger partial charge in [-0.15, -0.1) is 0 Å². The van der Waals surface area contributed by atoms with Gasteiger partial charge in [-0.05, 0) is 133 Å². The first-order valence-corrected chi connectivity index (χ1v) is 17.4. The highest BCUT2D eigenvalue weighted by Crippen LogP contribution is 2.23. The summed E-state index contributed by atoms with van der Waals surface area (Å²) in [5, 5.41) is 0. The van der Waals surface area contributed by atoms with E-state index in [4.69, 9.17) is 11.5 Å². The third kappa shape index (κ3) is 11.2. The highest BCUT2D eigenvalue weighted by molar-refractivity contribution is 5.47. The smallest absolute Gasteiger partial charge is 0.0316 e. The van der Waals surface area contributed by atoms with E-state index in [0.29, 0.717) is 0 Å². The van der Waals surface area contributed by atoms with Crippen molar-refractivity contribution < 1.29 is 0 Å². The Labute approximate surface area is 268 Å². The highest BCUT2D eigenvalue weighted by atomic mass is 14.5. The molecule has 0 aromatic heterocycles. The van der Waals surface area contributed by atoms with Crippen molar-refractivity contribution in [1.29, 1.82) is 0 Å². The summed E-state index contributed by atoms with van der Waals surface area (Å²) in [4.78, 5) is 0. The van der Waals surface area contributed by atoms with Gasteiger partial charge in [0.05, 0.1) is 0 Å². The van der Waals surface area contributed by atoms with Crippen LogP contribution in [0.1, 0.15) is 123 Å². The summed E-state index contributed by atoms with van der Waals surface area (Å²) in [5.41, 5.74) is 25.4. The molecule has 0 aliphatic carbocycles. The largest absolute Gasteiger partial charge is 0.399 e. The van der Waals surface area contributed by atoms with Crippen LogP contribution in [0.25, 0.3) is 0 Å². The maximum absolute atomic E-state index is 6.13. The van der Waals surface area contributed by atoms with Crippen LogP contribution in [0.3, 0.4) is 0 Å². The molecule has 0 bridgehead atoms. The second-order valence-corrected chi connectivity index (χ2v) is 12.9. The molecule has 0 atom stereocenters. The van der Waals surface area contributed by atoms with Gasteiger partial charge in [0, 0.05) is 11.4 Å². The van der Waals surface area contributed by atoms with Gasteiger partial charge in [-0.25, -0.2) is 0 Å². The molecule has 0 fully saturated rings. The molecule has 0 amide bonds. The van der Waals surface area contributed by atoms with Crippen LogP contribution in [0.2, 0.25) is 0 Å². The first-order valence-electron chi connectivity index (χ1n) is 17.4. The third-order valence-electron chi connectivity index (χ3n) is 9.08. The fourth-order valence-electron chi connectivity index (χ4n) is 6.33. The minimum Gasteiger partial charge on any atom is -0.399 e. The lowest BCUT2D eigenvalue weighted by atomic mass is 9.94. The second-order valence-electron chi connectivity index (χ2n) is 12.9. The van der Waals surface area contributed by atoms with Crippen LogP contribution in [-0.2, 0) is 38.5 Å². The molecular weight excluding hydrogens is 532 g/mol. The minimum atomic E-state index is 0.880. The summed E-state index contributed by atoms with van der Waals surface area (Å²) >= 11 is 0. The average Bonchev–Trinajstić information content (AvgIpc) is 3.03. The molecule has 4 rings (SSSR count). The molecule has 4 N–H and O–H groups in total. The fraction of sp³-hybridized carbons (Fsp3) is 0.429. The maximum Gasteiger partial charge on any atom is 0.0316 e. The number of hydrogen-bond donors (Lipinski definition) is 2. The Bertz CT molecular complexity index is 1280. The molecule has 4 aromatic carbocycles. The normalized spacial score (nSPS) is 11.2. The Morgan fingerprint density at radius 2 is 0.727 bits per heavy atom. The zero-order valence-corrected chi connectivity index (χ0v) is 27.6. The van der Waals surface area contributed by atoms with Crippen LogP contribution in [0.15, 0.2) is 84.9 Å². The zero-order valence-electron chi connectivity index (χ0n) is 27.6. The quantitative estimate of drug-likeness (QED) is 0.0845. The van der Waals surface area contributed by atoms with Gasteiger partial charge < -0.3 is 11.5 Å². The van der Waals surface area contributed by atoms with E-state index in [1.807, 2.05) is 0 Å². The van der Waals surface area contributed by atoms with Crippen molar-refractivity contribution in [3.8, 4) is 0 Å². The van der Waals surface area contributed by atoms with Crippen LogP contribution < -0.4 is 11.5 Å². The monoisotopic (exact) mass is 588 g/mol. The Hall–Kier alpha value is -3.52. The predicted octanol–water partition coefficient (Wildman–Crippen LogP) is 10.8. The Kier molecular flexibility index (Phi) is 13.9. The standard InChI is InChI=1S/C42H56N2/c1-3-5-7-9-15-37-31-41(43)27-25-39(37)29-35-21-17-33(18-22-35)13-11-12-14-34-19-23-36(24-20-34)30-40-26-28-42(44)32-38(40)16-10-8-6-4-2/h17-28,31-32H,3-16,29-30,43-44H2,1-2H3. The first-order chi connectivity index (χ1) is 21.5. The van der Waals surface area contributed by atoms with E-state index in [1.165, 1.54) is 109 Å². The van der Waals surface area contributed by atoms with Gasteiger partial charge in [0.15, 0.2) is 0 Å². The number of unbranched alkanes of at least 4 members (excludes halogenated alkanes) is 7. The summed E-state index contributed by atoms with van der Waals surface area (Å²) in [5.74, 6) is 0. The van der Waals surface area contributed by atoms with E-state index in [2.05, 4.69) is 98.8 Å². The number of aryl methyl sites for hydroxylation is 4. The number of anilines is 2. The average molecular weight is 589 g/mol. The Morgan fingerprint density at radius 1 is 0.364 bits per heavy atom. The van der Waals surface area contributed by atoms with Crippen LogP contribution in [0, 0.1) is 0 Å². The number of nitrogen functional groups attached to an aromatic ring is 2. The molecule has 0 saturated carbocycles. The van der Waals surface area contributed by atoms with Crippen molar-refractivity contribution in [2.75, 3.05) is 11.5 Å². The molecule has 0 aliphatic rings. The van der Waals surface area contributed by atoms with Gasteiger partial charge in [-0.1, -0.05) is 113 Å². The van der Waals surface area contributed by atoms with Crippen LogP contribution in [0.5, 0.6) is 0 Å². The van der Waals surface area contributed by atoms with Crippen molar-refractivity contribution in [3.63, 3.8) is 0 Å². The molecule has 0 spiro atoms. The SMILES string of the molecule is CCCCCCc1cc(N)ccc1Cc1ccc(CCCCc2ccc(Cc3ccc(N)cc3CCCCCC)cc2)cc1. The van der Waals surface area contributed by atoms with E-state index in [0.717, 1.165) is 49.9 Å². The third-order valence-corrected chi connectivity index (χ3v) is 9.08. The highest BCUT2D eigenvalue weighted by Gasteiger charge is 2.07. The number of benzene rings is 4. The lowest BCUT2D eigenvalue weighted by molar-refractivity contribution is 0.665. The second kappa shape index (κ2) is 18.3. The Balaban J connectivity index is 1.21. The summed E-state index contributed by atoms with van der Waals surface area (Å²) in [6, 6.07) is 31.6. The Morgan fingerprint density at radius 3 is 1.11 bits per heavy atom. The molecule has 0 radical (unpaired) electrons. The topological polar surface area (TPSA) is 52.0 Å². The van der Waals surface area contributed by atoms with E-state index < -0.39 is 0 Å². The molecule has 234 valence electrons. The van der Waals surface area contributed by atoms with Gasteiger partial charge in [-0.2, -0.15) is 0 Å². The van der Waals surface area contributed by atoms with Gasteiger partial charge in [0.25, 0.3) is 0 Å². The van der Waals surface area contributed by atoms with Gasteiger partial charge >= 0.3 is 0 Å². The molecule has 44 heavy (non-hydrogen) atoms. The van der Waals surface area contributed by atoms with E-state index in [9.17, 15) is 0 Å². The molecule has 0 unspecified atom stereocenters. The summed E-state index contributed by atoms with van der Waals surface area (Å²) in [7, 11) is 0. The zero-order chi connectivity index (χ0) is 31.0. The van der Waals surface area contributed by atoms with Crippen molar-refractivity contribution >= 4 is 11.4 Å². The van der Waals surface area contributed by atoms with Crippen LogP contribution in [-0.4, -0.2) is 0 Å². The van der Waals surface area contributed by atoms with Crippen LogP contribution >= 0.6 is 0 Å².